The van der Waals surface area contributed by atoms with E-state index in [4.69, 9.17) is 9.79 Å². The van der Waals surface area contributed by atoms with Gasteiger partial charge in [-0.1, -0.05) is 0 Å². The van der Waals surface area contributed by atoms with Crippen molar-refractivity contribution in [3.8, 4) is 0 Å². The summed E-state index contributed by atoms with van der Waals surface area (Å²) >= 11 is 0. The topological polar surface area (TPSA) is 110 Å². The molecule has 1 amide bonds. The lowest BCUT2D eigenvalue weighted by atomic mass is 9.79. The lowest BCUT2D eigenvalue weighted by molar-refractivity contribution is -0.290. The van der Waals surface area contributed by atoms with E-state index in [9.17, 15) is 14.6 Å². The van der Waals surface area contributed by atoms with Crippen LogP contribution in [0.3, 0.4) is 0 Å². The van der Waals surface area contributed by atoms with Gasteiger partial charge in [0.2, 0.25) is 5.91 Å². The van der Waals surface area contributed by atoms with Crippen LogP contribution in [0.15, 0.2) is 0 Å². The van der Waals surface area contributed by atoms with Crippen molar-refractivity contribution < 1.29 is 24.4 Å². The molecule has 0 aromatic carbocycles. The molecular formula is C12H24N2O5P. The summed E-state index contributed by atoms with van der Waals surface area (Å²) < 4.78 is 10.7. The Bertz CT molecular complexity index is 400. The highest BCUT2D eigenvalue weighted by Gasteiger charge is 2.46. The second kappa shape index (κ2) is 5.73. The third-order valence-electron chi connectivity index (χ3n) is 3.59. The minimum atomic E-state index is -4.15. The van der Waals surface area contributed by atoms with Crippen molar-refractivity contribution >= 4 is 13.5 Å². The SMILES string of the molecule is CC1(C)CC(NC(=O)CCP(=O)(O)O)CC(C)(C)N1[O]. The van der Waals surface area contributed by atoms with E-state index < -0.39 is 24.8 Å². The zero-order valence-corrected chi connectivity index (χ0v) is 13.3. The Balaban J connectivity index is 2.61. The van der Waals surface area contributed by atoms with Crippen molar-refractivity contribution in [1.29, 1.82) is 0 Å². The van der Waals surface area contributed by atoms with Crippen molar-refractivity contribution in [2.45, 2.75) is 64.1 Å². The van der Waals surface area contributed by atoms with Gasteiger partial charge in [-0.25, -0.2) is 0 Å². The molecule has 117 valence electrons. The quantitative estimate of drug-likeness (QED) is 0.672. The summed E-state index contributed by atoms with van der Waals surface area (Å²) in [6, 6.07) is -0.158. The smallest absolute Gasteiger partial charge is 0.326 e. The van der Waals surface area contributed by atoms with Crippen LogP contribution in [0.2, 0.25) is 0 Å². The average Bonchev–Trinajstić information content (AvgIpc) is 2.21. The Kier molecular flexibility index (Phi) is 5.04. The molecule has 1 aliphatic heterocycles. The zero-order chi connectivity index (χ0) is 15.8. The molecule has 0 aromatic rings. The van der Waals surface area contributed by atoms with Gasteiger partial charge in [0.1, 0.15) is 0 Å². The molecule has 1 radical (unpaired) electrons. The number of carbonyl (C=O) groups is 1. The van der Waals surface area contributed by atoms with Crippen LogP contribution < -0.4 is 5.32 Å². The zero-order valence-electron chi connectivity index (χ0n) is 12.4. The number of amides is 1. The Morgan fingerprint density at radius 1 is 1.25 bits per heavy atom. The summed E-state index contributed by atoms with van der Waals surface area (Å²) in [6.45, 7) is 7.32. The van der Waals surface area contributed by atoms with E-state index in [1.54, 1.807) is 0 Å². The van der Waals surface area contributed by atoms with Crippen LogP contribution in [0, 0.1) is 0 Å². The molecule has 1 saturated heterocycles. The monoisotopic (exact) mass is 307 g/mol. The fourth-order valence-electron chi connectivity index (χ4n) is 2.91. The summed E-state index contributed by atoms with van der Waals surface area (Å²) in [4.78, 5) is 29.2. The summed E-state index contributed by atoms with van der Waals surface area (Å²) in [7, 11) is -4.15. The molecular weight excluding hydrogens is 283 g/mol. The molecule has 0 aromatic heterocycles. The van der Waals surface area contributed by atoms with Gasteiger partial charge >= 0.3 is 7.60 Å². The van der Waals surface area contributed by atoms with Crippen molar-refractivity contribution in [2.75, 3.05) is 6.16 Å². The average molecular weight is 307 g/mol. The fraction of sp³-hybridized carbons (Fsp3) is 0.917. The molecule has 1 aliphatic rings. The number of hydrogen-bond acceptors (Lipinski definition) is 3. The summed E-state index contributed by atoms with van der Waals surface area (Å²) in [5, 5.41) is 16.0. The third-order valence-corrected chi connectivity index (χ3v) is 4.39. The minimum absolute atomic E-state index is 0.158. The molecule has 0 saturated carbocycles. The molecule has 0 atom stereocenters. The van der Waals surface area contributed by atoms with E-state index in [0.29, 0.717) is 12.8 Å². The second-order valence-electron chi connectivity index (χ2n) is 6.73. The molecule has 1 rings (SSSR count). The maximum atomic E-state index is 12.2. The van der Waals surface area contributed by atoms with Gasteiger partial charge in [0.25, 0.3) is 0 Å². The Labute approximate surface area is 119 Å². The van der Waals surface area contributed by atoms with Gasteiger partial charge in [-0.15, -0.1) is 10.3 Å². The van der Waals surface area contributed by atoms with E-state index in [1.165, 1.54) is 0 Å². The summed E-state index contributed by atoms with van der Waals surface area (Å²) in [6.07, 6.45) is 0.373. The Morgan fingerprint density at radius 2 is 1.70 bits per heavy atom. The number of nitrogens with one attached hydrogen (secondary N) is 1. The normalized spacial score (nSPS) is 23.6. The highest BCUT2D eigenvalue weighted by molar-refractivity contribution is 7.51. The molecule has 3 N–H and O–H groups in total. The number of nitrogens with zero attached hydrogens (tertiary/aromatic N) is 1. The van der Waals surface area contributed by atoms with Crippen LogP contribution in [0.4, 0.5) is 0 Å². The van der Waals surface area contributed by atoms with Crippen molar-refractivity contribution in [3.63, 3.8) is 0 Å². The number of hydrogen-bond donors (Lipinski definition) is 3. The van der Waals surface area contributed by atoms with Gasteiger partial charge in [-0.2, -0.15) is 0 Å². The van der Waals surface area contributed by atoms with Crippen molar-refractivity contribution in [1.82, 2.24) is 10.4 Å². The summed E-state index contributed by atoms with van der Waals surface area (Å²) in [5.41, 5.74) is -1.16. The summed E-state index contributed by atoms with van der Waals surface area (Å²) in [5.74, 6) is -0.385. The molecule has 0 bridgehead atoms. The van der Waals surface area contributed by atoms with Gasteiger partial charge in [-0.3, -0.25) is 9.36 Å². The number of hydroxylamine groups is 2. The largest absolute Gasteiger partial charge is 0.353 e. The maximum absolute atomic E-state index is 12.2. The van der Waals surface area contributed by atoms with Crippen LogP contribution in [0.5, 0.6) is 0 Å². The van der Waals surface area contributed by atoms with Gasteiger partial charge < -0.3 is 15.1 Å². The first-order valence-electron chi connectivity index (χ1n) is 6.65. The number of carbonyl (C=O) groups excluding carboxylic acids is 1. The predicted molar refractivity (Wildman–Crippen MR) is 73.4 cm³/mol. The maximum Gasteiger partial charge on any atom is 0.326 e. The third kappa shape index (κ3) is 4.82. The first kappa shape index (κ1) is 17.6. The van der Waals surface area contributed by atoms with E-state index in [2.05, 4.69) is 5.32 Å². The highest BCUT2D eigenvalue weighted by atomic mass is 31.2. The molecule has 0 unspecified atom stereocenters. The molecule has 0 spiro atoms. The minimum Gasteiger partial charge on any atom is -0.353 e. The molecule has 1 fully saturated rings. The van der Waals surface area contributed by atoms with Crippen LogP contribution in [-0.4, -0.2) is 44.0 Å². The van der Waals surface area contributed by atoms with E-state index in [1.807, 2.05) is 27.7 Å². The lowest BCUT2D eigenvalue weighted by Crippen LogP contribution is -2.62. The van der Waals surface area contributed by atoms with Crippen LogP contribution >= 0.6 is 7.60 Å². The van der Waals surface area contributed by atoms with Gasteiger partial charge in [0.05, 0.1) is 6.16 Å². The van der Waals surface area contributed by atoms with E-state index >= 15 is 0 Å². The fourth-order valence-corrected chi connectivity index (χ4v) is 3.41. The van der Waals surface area contributed by atoms with E-state index in [-0.39, 0.29) is 18.4 Å². The van der Waals surface area contributed by atoms with Gasteiger partial charge in [0.15, 0.2) is 0 Å². The van der Waals surface area contributed by atoms with Gasteiger partial charge in [-0.05, 0) is 40.5 Å². The molecule has 1 heterocycles. The van der Waals surface area contributed by atoms with Gasteiger partial charge in [0, 0.05) is 23.5 Å². The van der Waals surface area contributed by atoms with Crippen LogP contribution in [0.25, 0.3) is 0 Å². The molecule has 8 heteroatoms. The Morgan fingerprint density at radius 3 is 2.10 bits per heavy atom. The molecule has 20 heavy (non-hydrogen) atoms. The standard InChI is InChI=1S/C12H24N2O5P/c1-11(2)7-9(8-12(3,4)14(11)16)13-10(15)5-6-20(17,18)19/h9H,5-8H2,1-4H3,(H,13,15)(H2,17,18,19). The number of rotatable bonds is 4. The van der Waals surface area contributed by atoms with Crippen LogP contribution in [0.1, 0.15) is 47.0 Å². The van der Waals surface area contributed by atoms with Crippen molar-refractivity contribution in [3.05, 3.63) is 0 Å². The second-order valence-corrected chi connectivity index (χ2v) is 8.51. The van der Waals surface area contributed by atoms with Crippen LogP contribution in [-0.2, 0) is 14.6 Å². The Hall–Kier alpha value is -0.460. The lowest BCUT2D eigenvalue weighted by Gasteiger charge is -2.50. The first-order valence-corrected chi connectivity index (χ1v) is 8.45. The molecule has 0 aliphatic carbocycles. The predicted octanol–water partition coefficient (Wildman–Crippen LogP) is 1.04. The molecule has 7 nitrogen and oxygen atoms in total. The van der Waals surface area contributed by atoms with E-state index in [0.717, 1.165) is 5.06 Å². The number of piperidine rings is 1. The highest BCUT2D eigenvalue weighted by Crippen LogP contribution is 2.37. The van der Waals surface area contributed by atoms with Crippen molar-refractivity contribution in [2.24, 2.45) is 0 Å². The first-order chi connectivity index (χ1) is 8.83.